The van der Waals surface area contributed by atoms with Crippen molar-refractivity contribution >= 4 is 11.6 Å². The van der Waals surface area contributed by atoms with Gasteiger partial charge < -0.3 is 14.8 Å². The zero-order valence-electron chi connectivity index (χ0n) is 12.4. The summed E-state index contributed by atoms with van der Waals surface area (Å²) in [5.74, 6) is 1.19. The van der Waals surface area contributed by atoms with Gasteiger partial charge in [-0.1, -0.05) is 17.7 Å². The SMILES string of the molecule is COc1cc(CN[C@H](C)c2cccnc2)cc(Cl)c1OC. The summed E-state index contributed by atoms with van der Waals surface area (Å²) in [7, 11) is 3.18. The van der Waals surface area contributed by atoms with Crippen molar-refractivity contribution in [1.29, 1.82) is 0 Å². The molecule has 0 radical (unpaired) electrons. The first kappa shape index (κ1) is 15.6. The molecule has 4 nitrogen and oxygen atoms in total. The summed E-state index contributed by atoms with van der Waals surface area (Å²) in [6, 6.07) is 7.98. The second-order valence-corrected chi connectivity index (χ2v) is 5.11. The van der Waals surface area contributed by atoms with Crippen LogP contribution in [0.5, 0.6) is 11.5 Å². The van der Waals surface area contributed by atoms with Gasteiger partial charge in [-0.2, -0.15) is 0 Å². The second kappa shape index (κ2) is 7.29. The molecule has 5 heteroatoms. The first-order valence-electron chi connectivity index (χ1n) is 6.69. The monoisotopic (exact) mass is 306 g/mol. The molecule has 1 aromatic carbocycles. The molecule has 0 aliphatic carbocycles. The summed E-state index contributed by atoms with van der Waals surface area (Å²) >= 11 is 6.20. The van der Waals surface area contributed by atoms with Crippen LogP contribution in [-0.4, -0.2) is 19.2 Å². The van der Waals surface area contributed by atoms with Crippen molar-refractivity contribution < 1.29 is 9.47 Å². The average Bonchev–Trinajstić information content (AvgIpc) is 2.52. The minimum absolute atomic E-state index is 0.200. The van der Waals surface area contributed by atoms with E-state index in [0.717, 1.165) is 11.1 Å². The van der Waals surface area contributed by atoms with Gasteiger partial charge in [-0.05, 0) is 36.2 Å². The van der Waals surface area contributed by atoms with Crippen molar-refractivity contribution in [2.45, 2.75) is 19.5 Å². The molecule has 112 valence electrons. The molecule has 0 saturated carbocycles. The molecule has 0 spiro atoms. The average molecular weight is 307 g/mol. The lowest BCUT2D eigenvalue weighted by Gasteiger charge is -2.16. The molecule has 1 aromatic heterocycles. The van der Waals surface area contributed by atoms with Crippen LogP contribution >= 0.6 is 11.6 Å². The van der Waals surface area contributed by atoms with E-state index in [9.17, 15) is 0 Å². The Bertz CT molecular complexity index is 590. The van der Waals surface area contributed by atoms with E-state index in [1.807, 2.05) is 30.5 Å². The topological polar surface area (TPSA) is 43.4 Å². The van der Waals surface area contributed by atoms with Crippen LogP contribution in [0.4, 0.5) is 0 Å². The number of hydrogen-bond acceptors (Lipinski definition) is 4. The minimum atomic E-state index is 0.200. The number of rotatable bonds is 6. The van der Waals surface area contributed by atoms with E-state index in [0.29, 0.717) is 23.1 Å². The lowest BCUT2D eigenvalue weighted by atomic mass is 10.1. The van der Waals surface area contributed by atoms with Crippen LogP contribution in [0.15, 0.2) is 36.7 Å². The Balaban J connectivity index is 2.08. The van der Waals surface area contributed by atoms with Crippen LogP contribution in [0, 0.1) is 0 Å². The molecule has 21 heavy (non-hydrogen) atoms. The van der Waals surface area contributed by atoms with Gasteiger partial charge in [0.1, 0.15) is 0 Å². The Hall–Kier alpha value is -1.78. The van der Waals surface area contributed by atoms with Gasteiger partial charge in [0.15, 0.2) is 11.5 Å². The number of hydrogen-bond donors (Lipinski definition) is 1. The summed E-state index contributed by atoms with van der Waals surface area (Å²) in [5, 5.41) is 3.98. The molecule has 0 saturated heterocycles. The maximum absolute atomic E-state index is 6.20. The third-order valence-corrected chi connectivity index (χ3v) is 3.57. The molecule has 0 fully saturated rings. The van der Waals surface area contributed by atoms with Crippen LogP contribution in [0.1, 0.15) is 24.1 Å². The number of benzene rings is 1. The number of ether oxygens (including phenoxy) is 2. The predicted molar refractivity (Wildman–Crippen MR) is 84.0 cm³/mol. The Morgan fingerprint density at radius 3 is 2.71 bits per heavy atom. The number of nitrogens with one attached hydrogen (secondary N) is 1. The molecule has 0 unspecified atom stereocenters. The number of halogens is 1. The number of nitrogens with zero attached hydrogens (tertiary/aromatic N) is 1. The van der Waals surface area contributed by atoms with Crippen LogP contribution < -0.4 is 14.8 Å². The van der Waals surface area contributed by atoms with Crippen LogP contribution in [0.2, 0.25) is 5.02 Å². The van der Waals surface area contributed by atoms with E-state index >= 15 is 0 Å². The lowest BCUT2D eigenvalue weighted by Crippen LogP contribution is -2.18. The highest BCUT2D eigenvalue weighted by Gasteiger charge is 2.11. The number of pyridine rings is 1. The first-order valence-corrected chi connectivity index (χ1v) is 7.07. The highest BCUT2D eigenvalue weighted by molar-refractivity contribution is 6.32. The smallest absolute Gasteiger partial charge is 0.179 e. The summed E-state index contributed by atoms with van der Waals surface area (Å²) in [6.45, 7) is 2.77. The fourth-order valence-corrected chi connectivity index (χ4v) is 2.40. The van der Waals surface area contributed by atoms with Crippen molar-refractivity contribution in [2.75, 3.05) is 14.2 Å². The molecular formula is C16H19ClN2O2. The van der Waals surface area contributed by atoms with Crippen LogP contribution in [0.25, 0.3) is 0 Å². The third-order valence-electron chi connectivity index (χ3n) is 3.29. The molecule has 2 rings (SSSR count). The summed E-state index contributed by atoms with van der Waals surface area (Å²) in [4.78, 5) is 4.13. The van der Waals surface area contributed by atoms with Gasteiger partial charge in [0.2, 0.25) is 0 Å². The standard InChI is InChI=1S/C16H19ClN2O2/c1-11(13-5-4-6-18-10-13)19-9-12-7-14(17)16(21-3)15(8-12)20-2/h4-8,10-11,19H,9H2,1-3H3/t11-/m1/s1. The van der Waals surface area contributed by atoms with Crippen molar-refractivity contribution in [3.8, 4) is 11.5 Å². The molecular weight excluding hydrogens is 288 g/mol. The van der Waals surface area contributed by atoms with Crippen LogP contribution in [0.3, 0.4) is 0 Å². The van der Waals surface area contributed by atoms with E-state index in [-0.39, 0.29) is 6.04 Å². The number of aromatic nitrogens is 1. The molecule has 0 amide bonds. The molecule has 0 aliphatic rings. The molecule has 0 bridgehead atoms. The third kappa shape index (κ3) is 3.86. The van der Waals surface area contributed by atoms with Crippen molar-refractivity contribution in [2.24, 2.45) is 0 Å². The van der Waals surface area contributed by atoms with E-state index in [1.54, 1.807) is 20.4 Å². The lowest BCUT2D eigenvalue weighted by molar-refractivity contribution is 0.354. The van der Waals surface area contributed by atoms with E-state index < -0.39 is 0 Å². The van der Waals surface area contributed by atoms with E-state index in [2.05, 4.69) is 17.2 Å². The normalized spacial score (nSPS) is 12.0. The van der Waals surface area contributed by atoms with Gasteiger partial charge in [-0.25, -0.2) is 0 Å². The van der Waals surface area contributed by atoms with E-state index in [1.165, 1.54) is 0 Å². The molecule has 0 aliphatic heterocycles. The Labute approximate surface area is 130 Å². The zero-order valence-corrected chi connectivity index (χ0v) is 13.1. The van der Waals surface area contributed by atoms with Crippen molar-refractivity contribution in [1.82, 2.24) is 10.3 Å². The first-order chi connectivity index (χ1) is 10.2. The summed E-state index contributed by atoms with van der Waals surface area (Å²) in [5.41, 5.74) is 2.18. The fourth-order valence-electron chi connectivity index (χ4n) is 2.09. The van der Waals surface area contributed by atoms with Crippen molar-refractivity contribution in [3.63, 3.8) is 0 Å². The maximum atomic E-state index is 6.20. The van der Waals surface area contributed by atoms with Gasteiger partial charge in [0, 0.05) is 25.0 Å². The predicted octanol–water partition coefficient (Wildman–Crippen LogP) is 3.60. The highest BCUT2D eigenvalue weighted by Crippen LogP contribution is 2.36. The highest BCUT2D eigenvalue weighted by atomic mass is 35.5. The molecule has 1 N–H and O–H groups in total. The second-order valence-electron chi connectivity index (χ2n) is 4.70. The molecule has 2 aromatic rings. The summed E-state index contributed by atoms with van der Waals surface area (Å²) in [6.07, 6.45) is 3.63. The van der Waals surface area contributed by atoms with Gasteiger partial charge in [-0.3, -0.25) is 4.98 Å². The van der Waals surface area contributed by atoms with E-state index in [4.69, 9.17) is 21.1 Å². The Kier molecular flexibility index (Phi) is 5.42. The minimum Gasteiger partial charge on any atom is -0.493 e. The van der Waals surface area contributed by atoms with Gasteiger partial charge in [0.25, 0.3) is 0 Å². The number of methoxy groups -OCH3 is 2. The fraction of sp³-hybridized carbons (Fsp3) is 0.312. The zero-order chi connectivity index (χ0) is 15.2. The summed E-state index contributed by atoms with van der Waals surface area (Å²) < 4.78 is 10.5. The Morgan fingerprint density at radius 2 is 2.10 bits per heavy atom. The quantitative estimate of drug-likeness (QED) is 0.885. The molecule has 1 heterocycles. The maximum Gasteiger partial charge on any atom is 0.179 e. The largest absolute Gasteiger partial charge is 0.493 e. The Morgan fingerprint density at radius 1 is 1.29 bits per heavy atom. The van der Waals surface area contributed by atoms with Crippen molar-refractivity contribution in [3.05, 3.63) is 52.8 Å². The van der Waals surface area contributed by atoms with Gasteiger partial charge >= 0.3 is 0 Å². The van der Waals surface area contributed by atoms with Crippen LogP contribution in [-0.2, 0) is 6.54 Å². The van der Waals surface area contributed by atoms with Gasteiger partial charge in [-0.15, -0.1) is 0 Å². The van der Waals surface area contributed by atoms with Gasteiger partial charge in [0.05, 0.1) is 19.2 Å². The molecule has 1 atom stereocenters.